The van der Waals surface area contributed by atoms with Crippen molar-refractivity contribution in [3.05, 3.63) is 90.6 Å². The molecule has 34 heavy (non-hydrogen) atoms. The lowest BCUT2D eigenvalue weighted by Gasteiger charge is -2.23. The number of aromatic nitrogens is 4. The zero-order chi connectivity index (χ0) is 23.9. The lowest BCUT2D eigenvalue weighted by Crippen LogP contribution is -2.20. The number of carbonyl (C=O) groups is 2. The summed E-state index contributed by atoms with van der Waals surface area (Å²) in [4.78, 5) is 42.2. The van der Waals surface area contributed by atoms with Crippen LogP contribution in [0, 0.1) is 0 Å². The van der Waals surface area contributed by atoms with Crippen molar-refractivity contribution in [2.45, 2.75) is 13.5 Å². The molecule has 0 aliphatic carbocycles. The van der Waals surface area contributed by atoms with Gasteiger partial charge >= 0.3 is 0 Å². The monoisotopic (exact) mass is 455 g/mol. The fourth-order valence-electron chi connectivity index (χ4n) is 3.32. The number of hydrogen-bond acceptors (Lipinski definition) is 8. The summed E-state index contributed by atoms with van der Waals surface area (Å²) in [6.45, 7) is 1.84. The molecule has 0 aliphatic heterocycles. The molecule has 4 rings (SSSR count). The van der Waals surface area contributed by atoms with E-state index in [0.717, 1.165) is 16.7 Å². The highest BCUT2D eigenvalue weighted by Crippen LogP contribution is 2.29. The number of benzene rings is 1. The van der Waals surface area contributed by atoms with Crippen LogP contribution in [-0.4, -0.2) is 37.0 Å². The van der Waals surface area contributed by atoms with Crippen LogP contribution in [0.1, 0.15) is 22.8 Å². The highest BCUT2D eigenvalue weighted by atomic mass is 16.5. The van der Waals surface area contributed by atoms with Gasteiger partial charge < -0.3 is 10.2 Å². The first kappa shape index (κ1) is 22.5. The molecule has 0 atom stereocenters. The van der Waals surface area contributed by atoms with Crippen molar-refractivity contribution in [2.75, 3.05) is 10.2 Å². The molecule has 0 unspecified atom stereocenters. The number of hydrogen-bond donors (Lipinski definition) is 3. The molecule has 4 aromatic rings. The van der Waals surface area contributed by atoms with Gasteiger partial charge in [-0.05, 0) is 53.1 Å². The van der Waals surface area contributed by atoms with E-state index in [-0.39, 0.29) is 5.91 Å². The van der Waals surface area contributed by atoms with Gasteiger partial charge in [-0.1, -0.05) is 12.1 Å². The Morgan fingerprint density at radius 1 is 0.882 bits per heavy atom. The third-order valence-electron chi connectivity index (χ3n) is 4.90. The van der Waals surface area contributed by atoms with Crippen LogP contribution in [0.15, 0.2) is 79.5 Å². The second kappa shape index (κ2) is 10.3. The Kier molecular flexibility index (Phi) is 6.80. The number of anilines is 3. The third kappa shape index (κ3) is 5.37. The molecule has 3 heterocycles. The minimum atomic E-state index is -0.581. The summed E-state index contributed by atoms with van der Waals surface area (Å²) in [6.07, 6.45) is 8.16. The number of rotatable bonds is 7. The zero-order valence-electron chi connectivity index (χ0n) is 18.2. The molecule has 10 heteroatoms. The first-order valence-corrected chi connectivity index (χ1v) is 10.3. The Labute approximate surface area is 195 Å². The van der Waals surface area contributed by atoms with Crippen LogP contribution in [0.3, 0.4) is 0 Å². The summed E-state index contributed by atoms with van der Waals surface area (Å²) in [5.74, 6) is 0.909. The van der Waals surface area contributed by atoms with Crippen molar-refractivity contribution in [1.82, 2.24) is 25.4 Å². The van der Waals surface area contributed by atoms with Crippen molar-refractivity contribution >= 4 is 29.3 Å². The summed E-state index contributed by atoms with van der Waals surface area (Å²) in [7, 11) is 0. The van der Waals surface area contributed by atoms with Crippen molar-refractivity contribution in [1.29, 1.82) is 0 Å². The number of hydroxylamine groups is 1. The summed E-state index contributed by atoms with van der Waals surface area (Å²) in [5.41, 5.74) is 4.59. The SMILES string of the molecule is CC(=O)Nc1cc(-c2ccnc(N(Cc3ccc(C(=O)NO)cc3)c3cnccn3)c2)ccn1. The summed E-state index contributed by atoms with van der Waals surface area (Å²) in [6, 6.07) is 14.3. The molecular weight excluding hydrogens is 434 g/mol. The molecular formula is C24H21N7O3. The summed E-state index contributed by atoms with van der Waals surface area (Å²) in [5, 5.41) is 11.5. The van der Waals surface area contributed by atoms with Gasteiger partial charge in [0.25, 0.3) is 5.91 Å². The maximum Gasteiger partial charge on any atom is 0.274 e. The maximum atomic E-state index is 11.6. The van der Waals surface area contributed by atoms with Crippen LogP contribution in [0.25, 0.3) is 11.1 Å². The first-order chi connectivity index (χ1) is 16.5. The highest BCUT2D eigenvalue weighted by molar-refractivity contribution is 5.93. The number of carbonyl (C=O) groups excluding carboxylic acids is 2. The average Bonchev–Trinajstić information content (AvgIpc) is 2.87. The van der Waals surface area contributed by atoms with Crippen molar-refractivity contribution < 1.29 is 14.8 Å². The molecule has 0 bridgehead atoms. The second-order valence-corrected chi connectivity index (χ2v) is 7.30. The van der Waals surface area contributed by atoms with Crippen LogP contribution in [0.2, 0.25) is 0 Å². The molecule has 0 aliphatic rings. The van der Waals surface area contributed by atoms with Crippen molar-refractivity contribution in [2.24, 2.45) is 0 Å². The standard InChI is InChI=1S/C24H21N7O3/c1-16(32)29-21-12-19(6-8-26-21)20-7-9-27-22(13-20)31(23-14-25-10-11-28-23)15-17-2-4-18(5-3-17)24(33)30-34/h2-14,34H,15H2,1H3,(H,30,33)(H,26,29,32). The fourth-order valence-corrected chi connectivity index (χ4v) is 3.32. The van der Waals surface area contributed by atoms with Crippen LogP contribution < -0.4 is 15.7 Å². The van der Waals surface area contributed by atoms with E-state index < -0.39 is 5.91 Å². The number of pyridine rings is 2. The third-order valence-corrected chi connectivity index (χ3v) is 4.90. The smallest absolute Gasteiger partial charge is 0.274 e. The summed E-state index contributed by atoms with van der Waals surface area (Å²) < 4.78 is 0. The largest absolute Gasteiger partial charge is 0.311 e. The van der Waals surface area contributed by atoms with Gasteiger partial charge in [0.15, 0.2) is 5.82 Å². The van der Waals surface area contributed by atoms with Crippen LogP contribution in [-0.2, 0) is 11.3 Å². The Morgan fingerprint density at radius 3 is 2.26 bits per heavy atom. The summed E-state index contributed by atoms with van der Waals surface area (Å²) >= 11 is 0. The Morgan fingerprint density at radius 2 is 1.59 bits per heavy atom. The van der Waals surface area contributed by atoms with Gasteiger partial charge in [-0.3, -0.25) is 19.8 Å². The molecule has 0 saturated carbocycles. The molecule has 0 fully saturated rings. The number of nitrogens with zero attached hydrogens (tertiary/aromatic N) is 5. The van der Waals surface area contributed by atoms with Gasteiger partial charge in [-0.15, -0.1) is 0 Å². The maximum absolute atomic E-state index is 11.6. The topological polar surface area (TPSA) is 133 Å². The fraction of sp³-hybridized carbons (Fsp3) is 0.0833. The van der Waals surface area contributed by atoms with E-state index in [1.807, 2.05) is 23.1 Å². The van der Waals surface area contributed by atoms with Gasteiger partial charge in [0, 0.05) is 37.3 Å². The molecule has 3 N–H and O–H groups in total. The van der Waals surface area contributed by atoms with E-state index in [0.29, 0.717) is 29.6 Å². The van der Waals surface area contributed by atoms with Gasteiger partial charge in [0.1, 0.15) is 11.6 Å². The Hall–Kier alpha value is -4.70. The molecule has 0 radical (unpaired) electrons. The molecule has 3 aromatic heterocycles. The van der Waals surface area contributed by atoms with Crippen LogP contribution in [0.5, 0.6) is 0 Å². The highest BCUT2D eigenvalue weighted by Gasteiger charge is 2.15. The van der Waals surface area contributed by atoms with Gasteiger partial charge in [-0.25, -0.2) is 20.4 Å². The molecule has 0 saturated heterocycles. The van der Waals surface area contributed by atoms with E-state index >= 15 is 0 Å². The van der Waals surface area contributed by atoms with Crippen molar-refractivity contribution in [3.63, 3.8) is 0 Å². The van der Waals surface area contributed by atoms with Gasteiger partial charge in [-0.2, -0.15) is 0 Å². The minimum Gasteiger partial charge on any atom is -0.311 e. The Bertz CT molecular complexity index is 1300. The molecule has 1 aromatic carbocycles. The van der Waals surface area contributed by atoms with Crippen LogP contribution >= 0.6 is 0 Å². The normalized spacial score (nSPS) is 10.4. The zero-order valence-corrected chi connectivity index (χ0v) is 18.2. The molecule has 0 spiro atoms. The minimum absolute atomic E-state index is 0.198. The number of nitrogens with one attached hydrogen (secondary N) is 2. The van der Waals surface area contributed by atoms with Gasteiger partial charge in [0.05, 0.1) is 12.7 Å². The van der Waals surface area contributed by atoms with E-state index in [1.165, 1.54) is 6.92 Å². The lowest BCUT2D eigenvalue weighted by atomic mass is 10.1. The second-order valence-electron chi connectivity index (χ2n) is 7.30. The lowest BCUT2D eigenvalue weighted by molar-refractivity contribution is -0.114. The number of amides is 2. The Balaban J connectivity index is 1.68. The molecule has 170 valence electrons. The van der Waals surface area contributed by atoms with E-state index in [2.05, 4.69) is 25.3 Å². The van der Waals surface area contributed by atoms with Gasteiger partial charge in [0.2, 0.25) is 5.91 Å². The first-order valence-electron chi connectivity index (χ1n) is 10.3. The molecule has 2 amide bonds. The van der Waals surface area contributed by atoms with E-state index in [1.54, 1.807) is 66.8 Å². The average molecular weight is 455 g/mol. The quantitative estimate of drug-likeness (QED) is 0.285. The van der Waals surface area contributed by atoms with Crippen molar-refractivity contribution in [3.8, 4) is 11.1 Å². The predicted octanol–water partition coefficient (Wildman–Crippen LogP) is 3.35. The predicted molar refractivity (Wildman–Crippen MR) is 125 cm³/mol. The molecule has 10 nitrogen and oxygen atoms in total. The van der Waals surface area contributed by atoms with Crippen LogP contribution in [0.4, 0.5) is 17.5 Å². The van der Waals surface area contributed by atoms with E-state index in [4.69, 9.17) is 5.21 Å². The van der Waals surface area contributed by atoms with E-state index in [9.17, 15) is 9.59 Å².